The molecule has 0 spiro atoms. The highest BCUT2D eigenvalue weighted by molar-refractivity contribution is 6.31. The van der Waals surface area contributed by atoms with E-state index in [4.69, 9.17) is 17.3 Å². The smallest absolute Gasteiger partial charge is 0.166 e. The molecule has 0 aliphatic rings. The van der Waals surface area contributed by atoms with E-state index >= 15 is 0 Å². The molecule has 0 aromatic carbocycles. The summed E-state index contributed by atoms with van der Waals surface area (Å²) < 4.78 is 3.61. The molecule has 98 valence electrons. The van der Waals surface area contributed by atoms with E-state index < -0.39 is 0 Å². The van der Waals surface area contributed by atoms with Gasteiger partial charge in [0.2, 0.25) is 0 Å². The van der Waals surface area contributed by atoms with E-state index in [0.29, 0.717) is 17.4 Å². The minimum Gasteiger partial charge on any atom is -0.321 e. The van der Waals surface area contributed by atoms with Crippen LogP contribution in [0.1, 0.15) is 37.1 Å². The van der Waals surface area contributed by atoms with Crippen LogP contribution in [-0.4, -0.2) is 24.5 Å². The maximum absolute atomic E-state index is 6.24. The van der Waals surface area contributed by atoms with E-state index in [0.717, 1.165) is 17.9 Å². The molecule has 1 atom stereocenters. The van der Waals surface area contributed by atoms with Gasteiger partial charge in [-0.05, 0) is 20.8 Å². The summed E-state index contributed by atoms with van der Waals surface area (Å²) in [7, 11) is 0. The molecule has 0 saturated heterocycles. The minimum absolute atomic E-state index is 0.167. The third-order valence-corrected chi connectivity index (χ3v) is 3.22. The fourth-order valence-corrected chi connectivity index (χ4v) is 1.96. The minimum atomic E-state index is -0.167. The Morgan fingerprint density at radius 3 is 2.72 bits per heavy atom. The fourth-order valence-electron chi connectivity index (χ4n) is 1.77. The van der Waals surface area contributed by atoms with Gasteiger partial charge in [-0.25, -0.2) is 9.67 Å². The molecule has 2 rings (SSSR count). The maximum Gasteiger partial charge on any atom is 0.166 e. The third kappa shape index (κ3) is 2.39. The Balaban J connectivity index is 2.27. The third-order valence-electron chi connectivity index (χ3n) is 2.73. The second kappa shape index (κ2) is 5.07. The highest BCUT2D eigenvalue weighted by Crippen LogP contribution is 2.21. The first-order valence-electron chi connectivity index (χ1n) is 5.89. The number of halogens is 1. The van der Waals surface area contributed by atoms with E-state index in [2.05, 4.69) is 15.2 Å². The normalized spacial score (nSPS) is 12.9. The summed E-state index contributed by atoms with van der Waals surface area (Å²) in [6.45, 7) is 7.10. The molecule has 2 aromatic rings. The van der Waals surface area contributed by atoms with Crippen LogP contribution < -0.4 is 5.73 Å². The molecule has 18 heavy (non-hydrogen) atoms. The Kier molecular flexibility index (Phi) is 3.68. The predicted molar refractivity (Wildman–Crippen MR) is 69.4 cm³/mol. The van der Waals surface area contributed by atoms with E-state index in [1.165, 1.54) is 0 Å². The van der Waals surface area contributed by atoms with Crippen LogP contribution in [0.25, 0.3) is 0 Å². The van der Waals surface area contributed by atoms with Gasteiger partial charge in [-0.2, -0.15) is 10.2 Å². The molecule has 6 nitrogen and oxygen atoms in total. The van der Waals surface area contributed by atoms with Gasteiger partial charge in [0.1, 0.15) is 6.33 Å². The van der Waals surface area contributed by atoms with Crippen molar-refractivity contribution in [1.82, 2.24) is 24.5 Å². The topological polar surface area (TPSA) is 74.5 Å². The maximum atomic E-state index is 6.24. The largest absolute Gasteiger partial charge is 0.321 e. The molecule has 0 bridgehead atoms. The van der Waals surface area contributed by atoms with E-state index in [1.54, 1.807) is 11.0 Å². The van der Waals surface area contributed by atoms with E-state index in [9.17, 15) is 0 Å². The van der Waals surface area contributed by atoms with Crippen molar-refractivity contribution in [2.45, 2.75) is 39.9 Å². The van der Waals surface area contributed by atoms with Crippen molar-refractivity contribution in [2.75, 3.05) is 0 Å². The predicted octanol–water partition coefficient (Wildman–Crippen LogP) is 1.52. The van der Waals surface area contributed by atoms with Gasteiger partial charge in [-0.15, -0.1) is 0 Å². The molecule has 0 aliphatic heterocycles. The van der Waals surface area contributed by atoms with Gasteiger partial charge in [-0.3, -0.25) is 4.68 Å². The highest BCUT2D eigenvalue weighted by Gasteiger charge is 2.14. The van der Waals surface area contributed by atoms with Crippen LogP contribution in [0.2, 0.25) is 5.02 Å². The van der Waals surface area contributed by atoms with Crippen molar-refractivity contribution >= 4 is 11.6 Å². The van der Waals surface area contributed by atoms with Crippen molar-refractivity contribution in [3.8, 4) is 0 Å². The Morgan fingerprint density at radius 1 is 1.44 bits per heavy atom. The molecule has 2 N–H and O–H groups in total. The van der Waals surface area contributed by atoms with Crippen molar-refractivity contribution < 1.29 is 0 Å². The standard InChI is InChI=1S/C11H17ClN6/c1-4-18-9(10(12)8(3)15-18)5-17-6-14-11(16-17)7(2)13/h6-7H,4-5,13H2,1-3H3. The summed E-state index contributed by atoms with van der Waals surface area (Å²) in [6, 6.07) is -0.167. The molecule has 0 aliphatic carbocycles. The van der Waals surface area contributed by atoms with Gasteiger partial charge in [0.25, 0.3) is 0 Å². The molecule has 0 fully saturated rings. The SMILES string of the molecule is CCn1nc(C)c(Cl)c1Cn1cnc(C(C)N)n1. The van der Waals surface area contributed by atoms with Crippen molar-refractivity contribution in [3.63, 3.8) is 0 Å². The lowest BCUT2D eigenvalue weighted by Gasteiger charge is -2.05. The zero-order valence-corrected chi connectivity index (χ0v) is 11.5. The zero-order chi connectivity index (χ0) is 13.3. The first kappa shape index (κ1) is 13.0. The number of rotatable bonds is 4. The number of hydrogen-bond acceptors (Lipinski definition) is 4. The number of aromatic nitrogens is 5. The summed E-state index contributed by atoms with van der Waals surface area (Å²) in [5.74, 6) is 0.630. The van der Waals surface area contributed by atoms with Crippen LogP contribution in [0.15, 0.2) is 6.33 Å². The van der Waals surface area contributed by atoms with Crippen molar-refractivity contribution in [1.29, 1.82) is 0 Å². The summed E-state index contributed by atoms with van der Waals surface area (Å²) in [5.41, 5.74) is 7.51. The average molecular weight is 269 g/mol. The molecule has 2 aromatic heterocycles. The lowest BCUT2D eigenvalue weighted by atomic mass is 10.3. The van der Waals surface area contributed by atoms with E-state index in [-0.39, 0.29) is 6.04 Å². The number of aryl methyl sites for hydroxylation is 2. The number of nitrogens with two attached hydrogens (primary N) is 1. The van der Waals surface area contributed by atoms with Crippen LogP contribution in [-0.2, 0) is 13.1 Å². The van der Waals surface area contributed by atoms with Crippen LogP contribution in [0.5, 0.6) is 0 Å². The number of nitrogens with zero attached hydrogens (tertiary/aromatic N) is 5. The van der Waals surface area contributed by atoms with Gasteiger partial charge in [0.05, 0.1) is 29.0 Å². The molecule has 0 amide bonds. The van der Waals surface area contributed by atoms with Crippen LogP contribution >= 0.6 is 11.6 Å². The monoisotopic (exact) mass is 268 g/mol. The molecular weight excluding hydrogens is 252 g/mol. The molecule has 0 saturated carbocycles. The lowest BCUT2D eigenvalue weighted by Crippen LogP contribution is -2.11. The van der Waals surface area contributed by atoms with Gasteiger partial charge in [0.15, 0.2) is 5.82 Å². The van der Waals surface area contributed by atoms with Crippen LogP contribution in [0.4, 0.5) is 0 Å². The van der Waals surface area contributed by atoms with Gasteiger partial charge in [0, 0.05) is 6.54 Å². The van der Waals surface area contributed by atoms with Crippen LogP contribution in [0.3, 0.4) is 0 Å². The first-order valence-corrected chi connectivity index (χ1v) is 6.27. The molecule has 2 heterocycles. The van der Waals surface area contributed by atoms with E-state index in [1.807, 2.05) is 25.5 Å². The first-order chi connectivity index (χ1) is 8.52. The van der Waals surface area contributed by atoms with Crippen molar-refractivity contribution in [2.24, 2.45) is 5.73 Å². The fraction of sp³-hybridized carbons (Fsp3) is 0.545. The average Bonchev–Trinajstić information content (AvgIpc) is 2.89. The Bertz CT molecular complexity index is 542. The van der Waals surface area contributed by atoms with Crippen LogP contribution in [0, 0.1) is 6.92 Å². The quantitative estimate of drug-likeness (QED) is 0.912. The van der Waals surface area contributed by atoms with Gasteiger partial charge in [-0.1, -0.05) is 11.6 Å². The second-order valence-electron chi connectivity index (χ2n) is 4.25. The molecule has 1 unspecified atom stereocenters. The highest BCUT2D eigenvalue weighted by atomic mass is 35.5. The summed E-state index contributed by atoms with van der Waals surface area (Å²) in [6.07, 6.45) is 1.66. The summed E-state index contributed by atoms with van der Waals surface area (Å²) >= 11 is 6.24. The summed E-state index contributed by atoms with van der Waals surface area (Å²) in [4.78, 5) is 4.16. The Morgan fingerprint density at radius 2 is 2.17 bits per heavy atom. The Hall–Kier alpha value is -1.40. The summed E-state index contributed by atoms with van der Waals surface area (Å²) in [5, 5.41) is 9.37. The van der Waals surface area contributed by atoms with Gasteiger partial charge < -0.3 is 5.73 Å². The van der Waals surface area contributed by atoms with Crippen molar-refractivity contribution in [3.05, 3.63) is 28.6 Å². The second-order valence-corrected chi connectivity index (χ2v) is 4.63. The van der Waals surface area contributed by atoms with Gasteiger partial charge >= 0.3 is 0 Å². The lowest BCUT2D eigenvalue weighted by molar-refractivity contribution is 0.568. The Labute approximate surface area is 111 Å². The zero-order valence-electron chi connectivity index (χ0n) is 10.8. The molecule has 0 radical (unpaired) electrons. The molecule has 7 heteroatoms. The number of hydrogen-bond donors (Lipinski definition) is 1. The molecular formula is C11H17ClN6.